The Balaban J connectivity index is 1.96. The molecule has 1 amide bonds. The summed E-state index contributed by atoms with van der Waals surface area (Å²) >= 11 is 0. The lowest BCUT2D eigenvalue weighted by Gasteiger charge is -2.20. The molecule has 1 aliphatic rings. The van der Waals surface area contributed by atoms with Crippen LogP contribution < -0.4 is 4.74 Å². The number of hydrogen-bond donors (Lipinski definition) is 1. The molecule has 0 saturated carbocycles. The zero-order valence-corrected chi connectivity index (χ0v) is 9.96. The van der Waals surface area contributed by atoms with Gasteiger partial charge >= 0.3 is 0 Å². The van der Waals surface area contributed by atoms with E-state index in [1.54, 1.807) is 19.3 Å². The average Bonchev–Trinajstić information content (AvgIpc) is 2.56. The number of likely N-dealkylation sites (N-methyl/N-ethyl adjacent to an activating group) is 1. The Labute approximate surface area is 100 Å². The number of amides is 1. The standard InChI is InChI=1S/C12H16N2O3/c1-8-11(4-3-5-13-8)17-7-9-6-10(15)12(16)14(9)2/h3-5,9-10,15H,6-7H2,1-2H3/t9-,10+/m0/s1. The molecule has 17 heavy (non-hydrogen) atoms. The Morgan fingerprint density at radius 2 is 2.41 bits per heavy atom. The Kier molecular flexibility index (Phi) is 3.28. The summed E-state index contributed by atoms with van der Waals surface area (Å²) in [4.78, 5) is 17.1. The monoisotopic (exact) mass is 236 g/mol. The minimum absolute atomic E-state index is 0.0721. The molecule has 1 aromatic heterocycles. The molecular formula is C12H16N2O3. The Morgan fingerprint density at radius 1 is 1.65 bits per heavy atom. The summed E-state index contributed by atoms with van der Waals surface area (Å²) < 4.78 is 5.62. The smallest absolute Gasteiger partial charge is 0.251 e. The highest BCUT2D eigenvalue weighted by atomic mass is 16.5. The Hall–Kier alpha value is -1.62. The van der Waals surface area contributed by atoms with Gasteiger partial charge in [0, 0.05) is 19.7 Å². The number of rotatable bonds is 3. The minimum atomic E-state index is -0.886. The van der Waals surface area contributed by atoms with Crippen molar-refractivity contribution in [2.45, 2.75) is 25.5 Å². The van der Waals surface area contributed by atoms with Crippen LogP contribution in [0.25, 0.3) is 0 Å². The van der Waals surface area contributed by atoms with Crippen molar-refractivity contribution in [3.05, 3.63) is 24.0 Å². The van der Waals surface area contributed by atoms with E-state index < -0.39 is 6.10 Å². The molecule has 2 heterocycles. The summed E-state index contributed by atoms with van der Waals surface area (Å²) in [7, 11) is 1.68. The zero-order chi connectivity index (χ0) is 12.4. The number of hydrogen-bond acceptors (Lipinski definition) is 4. The molecule has 0 radical (unpaired) electrons. The molecule has 92 valence electrons. The molecule has 0 aromatic carbocycles. The number of nitrogens with zero attached hydrogens (tertiary/aromatic N) is 2. The van der Waals surface area contributed by atoms with Gasteiger partial charge in [0.1, 0.15) is 18.5 Å². The van der Waals surface area contributed by atoms with Crippen LogP contribution in [0.5, 0.6) is 5.75 Å². The third-order valence-corrected chi connectivity index (χ3v) is 3.07. The van der Waals surface area contributed by atoms with Crippen molar-refractivity contribution in [2.75, 3.05) is 13.7 Å². The largest absolute Gasteiger partial charge is 0.490 e. The third-order valence-electron chi connectivity index (χ3n) is 3.07. The van der Waals surface area contributed by atoms with Crippen LogP contribution in [0.3, 0.4) is 0 Å². The van der Waals surface area contributed by atoms with E-state index in [0.717, 1.165) is 11.4 Å². The molecule has 2 atom stereocenters. The Morgan fingerprint density at radius 3 is 3.00 bits per heavy atom. The number of aliphatic hydroxyl groups is 1. The van der Waals surface area contributed by atoms with Gasteiger partial charge in [0.15, 0.2) is 0 Å². The summed E-state index contributed by atoms with van der Waals surface area (Å²) in [6, 6.07) is 3.58. The second-order valence-corrected chi connectivity index (χ2v) is 4.25. The summed E-state index contributed by atoms with van der Waals surface area (Å²) in [6.45, 7) is 2.25. The van der Waals surface area contributed by atoms with Crippen LogP contribution in [-0.2, 0) is 4.79 Å². The maximum Gasteiger partial charge on any atom is 0.251 e. The van der Waals surface area contributed by atoms with Crippen LogP contribution in [0.1, 0.15) is 12.1 Å². The molecule has 0 spiro atoms. The lowest BCUT2D eigenvalue weighted by molar-refractivity contribution is -0.134. The van der Waals surface area contributed by atoms with Crippen molar-refractivity contribution in [1.82, 2.24) is 9.88 Å². The van der Waals surface area contributed by atoms with E-state index in [9.17, 15) is 9.90 Å². The van der Waals surface area contributed by atoms with E-state index in [1.165, 1.54) is 4.90 Å². The predicted molar refractivity (Wildman–Crippen MR) is 61.7 cm³/mol. The maximum atomic E-state index is 11.4. The van der Waals surface area contributed by atoms with Gasteiger partial charge in [-0.1, -0.05) is 0 Å². The van der Waals surface area contributed by atoms with Crippen LogP contribution >= 0.6 is 0 Å². The highest BCUT2D eigenvalue weighted by molar-refractivity contribution is 5.83. The van der Waals surface area contributed by atoms with E-state index in [-0.39, 0.29) is 11.9 Å². The van der Waals surface area contributed by atoms with E-state index in [4.69, 9.17) is 4.74 Å². The first-order valence-electron chi connectivity index (χ1n) is 5.58. The normalized spacial score (nSPS) is 24.2. The topological polar surface area (TPSA) is 62.7 Å². The fourth-order valence-corrected chi connectivity index (χ4v) is 1.92. The van der Waals surface area contributed by atoms with Gasteiger partial charge < -0.3 is 14.7 Å². The zero-order valence-electron chi connectivity index (χ0n) is 9.96. The fourth-order valence-electron chi connectivity index (χ4n) is 1.92. The van der Waals surface area contributed by atoms with Crippen molar-refractivity contribution < 1.29 is 14.6 Å². The molecule has 1 saturated heterocycles. The second kappa shape index (κ2) is 4.71. The molecule has 1 aromatic rings. The number of pyridine rings is 1. The lowest BCUT2D eigenvalue weighted by Crippen LogP contribution is -2.34. The second-order valence-electron chi connectivity index (χ2n) is 4.25. The molecular weight excluding hydrogens is 220 g/mol. The van der Waals surface area contributed by atoms with E-state index in [2.05, 4.69) is 4.98 Å². The van der Waals surface area contributed by atoms with E-state index >= 15 is 0 Å². The lowest BCUT2D eigenvalue weighted by atomic mass is 10.2. The average molecular weight is 236 g/mol. The van der Waals surface area contributed by atoms with Crippen molar-refractivity contribution in [3.63, 3.8) is 0 Å². The van der Waals surface area contributed by atoms with Gasteiger partial charge in [-0.3, -0.25) is 9.78 Å². The van der Waals surface area contributed by atoms with E-state index in [0.29, 0.717) is 13.0 Å². The Bertz CT molecular complexity index is 422. The molecule has 0 bridgehead atoms. The SMILES string of the molecule is Cc1ncccc1OC[C@@H]1C[C@@H](O)C(=O)N1C. The van der Waals surface area contributed by atoms with E-state index in [1.807, 2.05) is 13.0 Å². The molecule has 1 N–H and O–H groups in total. The first-order valence-corrected chi connectivity index (χ1v) is 5.58. The van der Waals surface area contributed by atoms with Crippen molar-refractivity contribution >= 4 is 5.91 Å². The van der Waals surface area contributed by atoms with Gasteiger partial charge in [-0.05, 0) is 19.1 Å². The fraction of sp³-hybridized carbons (Fsp3) is 0.500. The molecule has 1 aliphatic heterocycles. The van der Waals surface area contributed by atoms with Crippen LogP contribution in [0.15, 0.2) is 18.3 Å². The molecule has 5 nitrogen and oxygen atoms in total. The van der Waals surface area contributed by atoms with Crippen molar-refractivity contribution in [2.24, 2.45) is 0 Å². The van der Waals surface area contributed by atoms with Crippen LogP contribution in [0, 0.1) is 6.92 Å². The quantitative estimate of drug-likeness (QED) is 0.823. The number of aliphatic hydroxyl groups excluding tert-OH is 1. The third kappa shape index (κ3) is 2.39. The van der Waals surface area contributed by atoms with Gasteiger partial charge in [0.05, 0.1) is 11.7 Å². The minimum Gasteiger partial charge on any atom is -0.490 e. The summed E-state index contributed by atoms with van der Waals surface area (Å²) in [5, 5.41) is 9.43. The van der Waals surface area contributed by atoms with Crippen molar-refractivity contribution in [3.8, 4) is 5.75 Å². The molecule has 1 fully saturated rings. The summed E-state index contributed by atoms with van der Waals surface area (Å²) in [6.07, 6.45) is 1.25. The van der Waals surface area contributed by atoms with Crippen LogP contribution in [0.2, 0.25) is 0 Å². The number of aromatic nitrogens is 1. The maximum absolute atomic E-state index is 11.4. The predicted octanol–water partition coefficient (Wildman–Crippen LogP) is 0.360. The molecule has 0 aliphatic carbocycles. The van der Waals surface area contributed by atoms with Gasteiger partial charge in [-0.2, -0.15) is 0 Å². The highest BCUT2D eigenvalue weighted by Crippen LogP contribution is 2.20. The number of aryl methyl sites for hydroxylation is 1. The highest BCUT2D eigenvalue weighted by Gasteiger charge is 2.36. The summed E-state index contributed by atoms with van der Waals surface area (Å²) in [5.41, 5.74) is 0.819. The molecule has 2 rings (SSSR count). The number of carbonyl (C=O) groups excluding carboxylic acids is 1. The van der Waals surface area contributed by atoms with Crippen molar-refractivity contribution in [1.29, 1.82) is 0 Å². The van der Waals surface area contributed by atoms with Gasteiger partial charge in [-0.25, -0.2) is 0 Å². The number of ether oxygens (including phenoxy) is 1. The van der Waals surface area contributed by atoms with Gasteiger partial charge in [-0.15, -0.1) is 0 Å². The first kappa shape index (κ1) is 11.9. The van der Waals surface area contributed by atoms with Crippen LogP contribution in [-0.4, -0.2) is 46.7 Å². The number of likely N-dealkylation sites (tertiary alicyclic amines) is 1. The van der Waals surface area contributed by atoms with Gasteiger partial charge in [0.2, 0.25) is 0 Å². The molecule has 0 unspecified atom stereocenters. The van der Waals surface area contributed by atoms with Crippen LogP contribution in [0.4, 0.5) is 0 Å². The molecule has 5 heteroatoms. The summed E-state index contributed by atoms with van der Waals surface area (Å²) in [5.74, 6) is 0.483. The number of carbonyl (C=O) groups is 1. The van der Waals surface area contributed by atoms with Gasteiger partial charge in [0.25, 0.3) is 5.91 Å². The first-order chi connectivity index (χ1) is 8.09.